The van der Waals surface area contributed by atoms with Gasteiger partial charge in [-0.15, -0.1) is 17.9 Å². The monoisotopic (exact) mass is 385 g/mol. The number of nitrogens with zero attached hydrogens (tertiary/aromatic N) is 4. The quantitative estimate of drug-likeness (QED) is 0.725. The number of piperazine rings is 1. The number of pyridine rings is 1. The molecule has 2 amide bonds. The molecule has 0 unspecified atom stereocenters. The predicted octanol–water partition coefficient (Wildman–Crippen LogP) is 1.19. The second kappa shape index (κ2) is 9.38. The number of aromatic nitrogens is 2. The third-order valence-corrected chi connectivity index (χ3v) is 5.27. The summed E-state index contributed by atoms with van der Waals surface area (Å²) in [6, 6.07) is 3.83. The fourth-order valence-corrected chi connectivity index (χ4v) is 3.69. The van der Waals surface area contributed by atoms with Crippen LogP contribution in [0.25, 0.3) is 10.6 Å². The van der Waals surface area contributed by atoms with E-state index in [2.05, 4.69) is 26.8 Å². The number of hydrogen-bond donors (Lipinski definition) is 1. The minimum Gasteiger partial charge on any atom is -0.352 e. The average molecular weight is 385 g/mol. The third kappa shape index (κ3) is 5.45. The lowest BCUT2D eigenvalue weighted by molar-refractivity contribution is -0.132. The first-order valence-corrected chi connectivity index (χ1v) is 9.76. The van der Waals surface area contributed by atoms with E-state index in [4.69, 9.17) is 0 Å². The molecule has 2 aromatic heterocycles. The van der Waals surface area contributed by atoms with Crippen molar-refractivity contribution in [3.63, 3.8) is 0 Å². The molecule has 0 aliphatic carbocycles. The molecular formula is C19H23N5O2S. The number of amides is 2. The maximum atomic E-state index is 12.6. The van der Waals surface area contributed by atoms with E-state index in [1.54, 1.807) is 18.5 Å². The molecule has 8 heteroatoms. The summed E-state index contributed by atoms with van der Waals surface area (Å²) in [6.07, 6.45) is 5.46. The zero-order valence-electron chi connectivity index (χ0n) is 15.1. The highest BCUT2D eigenvalue weighted by Gasteiger charge is 2.23. The Balaban J connectivity index is 1.47. The van der Waals surface area contributed by atoms with Crippen molar-refractivity contribution in [1.82, 2.24) is 25.1 Å². The molecule has 0 radical (unpaired) electrons. The summed E-state index contributed by atoms with van der Waals surface area (Å²) in [7, 11) is 0. The molecule has 1 aliphatic heterocycles. The standard InChI is InChI=1S/C19H23N5O2S/c1-2-5-21-17(25)13-23-7-9-24(10-8-23)18(26)11-16-14-27-19(22-16)15-4-3-6-20-12-15/h2-4,6,12,14H,1,5,7-11,13H2,(H,21,25). The fraction of sp³-hybridized carbons (Fsp3) is 0.368. The van der Waals surface area contributed by atoms with Gasteiger partial charge in [0.05, 0.1) is 18.7 Å². The summed E-state index contributed by atoms with van der Waals surface area (Å²) in [5.74, 6) is 0.0638. The Labute approximate surface area is 162 Å². The summed E-state index contributed by atoms with van der Waals surface area (Å²) in [5.41, 5.74) is 1.75. The van der Waals surface area contributed by atoms with Gasteiger partial charge in [0.1, 0.15) is 5.01 Å². The lowest BCUT2D eigenvalue weighted by Gasteiger charge is -2.34. The number of nitrogens with one attached hydrogen (secondary N) is 1. The lowest BCUT2D eigenvalue weighted by atomic mass is 10.2. The van der Waals surface area contributed by atoms with Crippen LogP contribution in [0.4, 0.5) is 0 Å². The van der Waals surface area contributed by atoms with E-state index in [9.17, 15) is 9.59 Å². The zero-order chi connectivity index (χ0) is 19.1. The highest BCUT2D eigenvalue weighted by atomic mass is 32.1. The summed E-state index contributed by atoms with van der Waals surface area (Å²) in [5, 5.41) is 5.58. The molecule has 1 N–H and O–H groups in total. The van der Waals surface area contributed by atoms with Crippen molar-refractivity contribution in [2.45, 2.75) is 6.42 Å². The van der Waals surface area contributed by atoms with Gasteiger partial charge in [0.25, 0.3) is 0 Å². The Bertz CT molecular complexity index is 784. The molecule has 0 aromatic carbocycles. The molecule has 27 heavy (non-hydrogen) atoms. The van der Waals surface area contributed by atoms with E-state index < -0.39 is 0 Å². The van der Waals surface area contributed by atoms with Gasteiger partial charge in [-0.05, 0) is 12.1 Å². The number of carbonyl (C=O) groups excluding carboxylic acids is 2. The molecule has 2 aromatic rings. The fourth-order valence-electron chi connectivity index (χ4n) is 2.88. The van der Waals surface area contributed by atoms with Crippen molar-refractivity contribution < 1.29 is 9.59 Å². The molecule has 0 bridgehead atoms. The molecule has 3 rings (SSSR count). The molecule has 3 heterocycles. The van der Waals surface area contributed by atoms with Crippen LogP contribution in [0.15, 0.2) is 42.6 Å². The van der Waals surface area contributed by atoms with Gasteiger partial charge in [0.15, 0.2) is 0 Å². The Morgan fingerprint density at radius 1 is 1.30 bits per heavy atom. The normalized spacial score (nSPS) is 14.7. The van der Waals surface area contributed by atoms with Gasteiger partial charge in [-0.2, -0.15) is 0 Å². The molecule has 0 saturated carbocycles. The van der Waals surface area contributed by atoms with Gasteiger partial charge in [-0.1, -0.05) is 6.08 Å². The van der Waals surface area contributed by atoms with Gasteiger partial charge in [-0.3, -0.25) is 19.5 Å². The Kier molecular flexibility index (Phi) is 6.67. The van der Waals surface area contributed by atoms with Crippen molar-refractivity contribution in [2.75, 3.05) is 39.3 Å². The van der Waals surface area contributed by atoms with Crippen LogP contribution in [0, 0.1) is 0 Å². The smallest absolute Gasteiger partial charge is 0.234 e. The van der Waals surface area contributed by atoms with E-state index in [0.717, 1.165) is 16.3 Å². The Morgan fingerprint density at radius 3 is 2.81 bits per heavy atom. The van der Waals surface area contributed by atoms with Crippen LogP contribution in [-0.4, -0.2) is 70.9 Å². The van der Waals surface area contributed by atoms with Crippen LogP contribution in [0.2, 0.25) is 0 Å². The molecular weight excluding hydrogens is 362 g/mol. The first-order chi connectivity index (χ1) is 13.2. The van der Waals surface area contributed by atoms with Gasteiger partial charge in [0.2, 0.25) is 11.8 Å². The van der Waals surface area contributed by atoms with Gasteiger partial charge < -0.3 is 10.2 Å². The molecule has 1 saturated heterocycles. The molecule has 7 nitrogen and oxygen atoms in total. The van der Waals surface area contributed by atoms with Crippen molar-refractivity contribution in [3.05, 3.63) is 48.3 Å². The number of carbonyl (C=O) groups is 2. The van der Waals surface area contributed by atoms with Crippen LogP contribution >= 0.6 is 11.3 Å². The van der Waals surface area contributed by atoms with Crippen LogP contribution < -0.4 is 5.32 Å². The maximum Gasteiger partial charge on any atom is 0.234 e. The summed E-state index contributed by atoms with van der Waals surface area (Å²) in [6.45, 7) is 7.08. The summed E-state index contributed by atoms with van der Waals surface area (Å²) in [4.78, 5) is 36.9. The van der Waals surface area contributed by atoms with Crippen LogP contribution in [-0.2, 0) is 16.0 Å². The number of hydrogen-bond acceptors (Lipinski definition) is 6. The minimum absolute atomic E-state index is 0.0138. The molecule has 142 valence electrons. The van der Waals surface area contributed by atoms with E-state index in [-0.39, 0.29) is 11.8 Å². The van der Waals surface area contributed by atoms with Crippen LogP contribution in [0.3, 0.4) is 0 Å². The maximum absolute atomic E-state index is 12.6. The minimum atomic E-state index is -0.0138. The molecule has 1 aliphatic rings. The second-order valence-electron chi connectivity index (χ2n) is 6.31. The Hall–Kier alpha value is -2.58. The van der Waals surface area contributed by atoms with Crippen molar-refractivity contribution in [2.24, 2.45) is 0 Å². The highest BCUT2D eigenvalue weighted by molar-refractivity contribution is 7.13. The Morgan fingerprint density at radius 2 is 2.11 bits per heavy atom. The molecule has 0 spiro atoms. The SMILES string of the molecule is C=CCNC(=O)CN1CCN(C(=O)Cc2csc(-c3cccnc3)n2)CC1. The molecule has 0 atom stereocenters. The predicted molar refractivity (Wildman–Crippen MR) is 105 cm³/mol. The van der Waals surface area contributed by atoms with Gasteiger partial charge in [-0.25, -0.2) is 4.98 Å². The first-order valence-electron chi connectivity index (χ1n) is 8.88. The molecule has 1 fully saturated rings. The van der Waals surface area contributed by atoms with Crippen LogP contribution in [0.1, 0.15) is 5.69 Å². The second-order valence-corrected chi connectivity index (χ2v) is 7.17. The van der Waals surface area contributed by atoms with E-state index in [1.807, 2.05) is 22.4 Å². The summed E-state index contributed by atoms with van der Waals surface area (Å²) < 4.78 is 0. The topological polar surface area (TPSA) is 78.4 Å². The van der Waals surface area contributed by atoms with Crippen molar-refractivity contribution in [1.29, 1.82) is 0 Å². The first kappa shape index (κ1) is 19.2. The van der Waals surface area contributed by atoms with Crippen molar-refractivity contribution in [3.8, 4) is 10.6 Å². The number of rotatable bonds is 7. The third-order valence-electron chi connectivity index (χ3n) is 4.33. The lowest BCUT2D eigenvalue weighted by Crippen LogP contribution is -2.51. The summed E-state index contributed by atoms with van der Waals surface area (Å²) >= 11 is 1.52. The number of thiazole rings is 1. The highest BCUT2D eigenvalue weighted by Crippen LogP contribution is 2.23. The largest absolute Gasteiger partial charge is 0.352 e. The van der Waals surface area contributed by atoms with E-state index in [0.29, 0.717) is 45.7 Å². The van der Waals surface area contributed by atoms with Crippen LogP contribution in [0.5, 0.6) is 0 Å². The van der Waals surface area contributed by atoms with Gasteiger partial charge >= 0.3 is 0 Å². The van der Waals surface area contributed by atoms with E-state index in [1.165, 1.54) is 11.3 Å². The van der Waals surface area contributed by atoms with Gasteiger partial charge in [0, 0.05) is 56.1 Å². The zero-order valence-corrected chi connectivity index (χ0v) is 16.0. The average Bonchev–Trinajstić information content (AvgIpc) is 3.16. The van der Waals surface area contributed by atoms with E-state index >= 15 is 0 Å². The van der Waals surface area contributed by atoms with Crippen molar-refractivity contribution >= 4 is 23.2 Å².